The third-order valence-corrected chi connectivity index (χ3v) is 5.32. The van der Waals surface area contributed by atoms with Crippen LogP contribution >= 0.6 is 11.6 Å². The fourth-order valence-corrected chi connectivity index (χ4v) is 3.33. The van der Waals surface area contributed by atoms with Gasteiger partial charge in [-0.3, -0.25) is 4.79 Å². The molecule has 2 nitrogen and oxygen atoms in total. The topological polar surface area (TPSA) is 29.1 Å². The Morgan fingerprint density at radius 3 is 2.39 bits per heavy atom. The molecule has 0 bridgehead atoms. The second-order valence-corrected chi connectivity index (χ2v) is 7.71. The van der Waals surface area contributed by atoms with Crippen molar-refractivity contribution in [1.29, 1.82) is 0 Å². The summed E-state index contributed by atoms with van der Waals surface area (Å²) in [5.74, 6) is -4.53. The maximum absolute atomic E-state index is 14.7. The van der Waals surface area contributed by atoms with E-state index in [0.29, 0.717) is 22.9 Å². The van der Waals surface area contributed by atoms with Crippen molar-refractivity contribution in [3.63, 3.8) is 0 Å². The Kier molecular flexibility index (Phi) is 5.98. The summed E-state index contributed by atoms with van der Waals surface area (Å²) in [6.07, 6.45) is -1.95. The van der Waals surface area contributed by atoms with E-state index in [1.807, 2.05) is 0 Å². The van der Waals surface area contributed by atoms with Gasteiger partial charge in [-0.1, -0.05) is 42.8 Å². The number of carbonyl (C=O) groups is 1. The Balaban J connectivity index is 1.88. The van der Waals surface area contributed by atoms with E-state index in [2.05, 4.69) is 5.32 Å². The zero-order valence-corrected chi connectivity index (χ0v) is 15.9. The number of rotatable bonds is 6. The number of carbonyl (C=O) groups excluding carboxylic acids is 1. The van der Waals surface area contributed by atoms with Gasteiger partial charge in [0.1, 0.15) is 5.82 Å². The molecule has 1 aliphatic carbocycles. The second-order valence-electron chi connectivity index (χ2n) is 7.27. The van der Waals surface area contributed by atoms with Gasteiger partial charge in [0.25, 0.3) is 0 Å². The smallest absolute Gasteiger partial charge is 0.323 e. The number of anilines is 1. The van der Waals surface area contributed by atoms with E-state index in [9.17, 15) is 22.4 Å². The molecular formula is C21H20ClF4NO. The first-order valence-electron chi connectivity index (χ1n) is 9.07. The van der Waals surface area contributed by atoms with Crippen LogP contribution in [-0.2, 0) is 11.2 Å². The molecule has 1 N–H and O–H groups in total. The van der Waals surface area contributed by atoms with Crippen molar-refractivity contribution in [1.82, 2.24) is 0 Å². The summed E-state index contributed by atoms with van der Waals surface area (Å²) in [7, 11) is 0. The van der Waals surface area contributed by atoms with E-state index >= 15 is 0 Å². The monoisotopic (exact) mass is 413 g/mol. The molecule has 150 valence electrons. The highest BCUT2D eigenvalue weighted by atomic mass is 35.5. The Bertz CT molecular complexity index is 846. The summed E-state index contributed by atoms with van der Waals surface area (Å²) < 4.78 is 54.9. The van der Waals surface area contributed by atoms with Crippen LogP contribution in [0, 0.1) is 17.7 Å². The maximum Gasteiger partial charge on any atom is 0.392 e. The standard InChI is InChI=1S/C21H20ClF4NO/c1-12(21(24,25)26)18(14-7-9-16(22)10-8-14)20(28)27-17-4-2-3-15(19(17)23)11-13-5-6-13/h2-4,7-10,12-13,18H,5-6,11H2,1H3,(H,27,28)/t12-,18+/m1/s1. The molecule has 1 saturated carbocycles. The lowest BCUT2D eigenvalue weighted by atomic mass is 9.86. The van der Waals surface area contributed by atoms with Gasteiger partial charge in [-0.2, -0.15) is 13.2 Å². The van der Waals surface area contributed by atoms with Crippen molar-refractivity contribution in [2.24, 2.45) is 11.8 Å². The van der Waals surface area contributed by atoms with E-state index in [1.165, 1.54) is 30.3 Å². The highest BCUT2D eigenvalue weighted by Crippen LogP contribution is 2.39. The van der Waals surface area contributed by atoms with Gasteiger partial charge in [-0.05, 0) is 54.5 Å². The van der Waals surface area contributed by atoms with Crippen molar-refractivity contribution in [2.75, 3.05) is 5.32 Å². The Hall–Kier alpha value is -2.08. The van der Waals surface area contributed by atoms with E-state index in [4.69, 9.17) is 11.6 Å². The van der Waals surface area contributed by atoms with Crippen LogP contribution in [0.2, 0.25) is 5.02 Å². The summed E-state index contributed by atoms with van der Waals surface area (Å²) in [6, 6.07) is 10.2. The van der Waals surface area contributed by atoms with Crippen molar-refractivity contribution >= 4 is 23.2 Å². The molecule has 2 aromatic carbocycles. The maximum atomic E-state index is 14.7. The Morgan fingerprint density at radius 1 is 1.18 bits per heavy atom. The Morgan fingerprint density at radius 2 is 1.82 bits per heavy atom. The second kappa shape index (κ2) is 8.11. The molecule has 0 heterocycles. The number of alkyl halides is 3. The van der Waals surface area contributed by atoms with Crippen molar-refractivity contribution < 1.29 is 22.4 Å². The fraction of sp³-hybridized carbons (Fsp3) is 0.381. The SMILES string of the molecule is C[C@H]([C@H](C(=O)Nc1cccc(CC2CC2)c1F)c1ccc(Cl)cc1)C(F)(F)F. The highest BCUT2D eigenvalue weighted by molar-refractivity contribution is 6.30. The molecule has 1 aliphatic rings. The van der Waals surface area contributed by atoms with Gasteiger partial charge in [0, 0.05) is 5.02 Å². The predicted molar refractivity (Wildman–Crippen MR) is 101 cm³/mol. The lowest BCUT2D eigenvalue weighted by Gasteiger charge is -2.26. The lowest BCUT2D eigenvalue weighted by molar-refractivity contribution is -0.178. The van der Waals surface area contributed by atoms with Crippen LogP contribution in [0.1, 0.15) is 36.8 Å². The molecule has 0 spiro atoms. The molecule has 2 atom stereocenters. The summed E-state index contributed by atoms with van der Waals surface area (Å²) >= 11 is 5.81. The summed E-state index contributed by atoms with van der Waals surface area (Å²) in [6.45, 7) is 0.943. The van der Waals surface area contributed by atoms with Crippen LogP contribution in [0.15, 0.2) is 42.5 Å². The quantitative estimate of drug-likeness (QED) is 0.549. The largest absolute Gasteiger partial charge is 0.392 e. The minimum absolute atomic E-state index is 0.100. The van der Waals surface area contributed by atoms with Crippen LogP contribution < -0.4 is 5.32 Å². The molecule has 1 fully saturated rings. The van der Waals surface area contributed by atoms with Gasteiger partial charge in [-0.15, -0.1) is 0 Å². The van der Waals surface area contributed by atoms with Crippen LogP contribution in [0.25, 0.3) is 0 Å². The van der Waals surface area contributed by atoms with Gasteiger partial charge < -0.3 is 5.32 Å². The average molecular weight is 414 g/mol. The van der Waals surface area contributed by atoms with E-state index in [-0.39, 0.29) is 11.3 Å². The molecule has 0 unspecified atom stereocenters. The number of halogens is 5. The number of benzene rings is 2. The molecule has 0 aromatic heterocycles. The molecule has 0 aliphatic heterocycles. The first kappa shape index (κ1) is 20.6. The van der Waals surface area contributed by atoms with Crippen molar-refractivity contribution in [2.45, 2.75) is 38.3 Å². The van der Waals surface area contributed by atoms with Crippen LogP contribution in [-0.4, -0.2) is 12.1 Å². The number of amides is 1. The van der Waals surface area contributed by atoms with Gasteiger partial charge in [0.15, 0.2) is 0 Å². The number of nitrogens with one attached hydrogen (secondary N) is 1. The van der Waals surface area contributed by atoms with Crippen LogP contribution in [0.4, 0.5) is 23.2 Å². The zero-order chi connectivity index (χ0) is 20.5. The number of hydrogen-bond acceptors (Lipinski definition) is 1. The molecule has 0 saturated heterocycles. The molecule has 2 aromatic rings. The van der Waals surface area contributed by atoms with Gasteiger partial charge in [-0.25, -0.2) is 4.39 Å². The zero-order valence-electron chi connectivity index (χ0n) is 15.2. The van der Waals surface area contributed by atoms with Crippen LogP contribution in [0.5, 0.6) is 0 Å². The Labute approximate surface area is 165 Å². The van der Waals surface area contributed by atoms with E-state index in [1.54, 1.807) is 12.1 Å². The number of hydrogen-bond donors (Lipinski definition) is 1. The average Bonchev–Trinajstić information content (AvgIpc) is 3.43. The molecule has 3 rings (SSSR count). The minimum atomic E-state index is -4.59. The van der Waals surface area contributed by atoms with E-state index < -0.39 is 29.7 Å². The lowest BCUT2D eigenvalue weighted by Crippen LogP contribution is -2.34. The first-order chi connectivity index (χ1) is 13.2. The fourth-order valence-electron chi connectivity index (χ4n) is 3.20. The summed E-state index contributed by atoms with van der Waals surface area (Å²) in [4.78, 5) is 12.8. The van der Waals surface area contributed by atoms with Gasteiger partial charge in [0.2, 0.25) is 5.91 Å². The van der Waals surface area contributed by atoms with E-state index in [0.717, 1.165) is 19.8 Å². The predicted octanol–water partition coefficient (Wildman–Crippen LogP) is 6.35. The summed E-state index contributed by atoms with van der Waals surface area (Å²) in [5, 5.41) is 2.71. The summed E-state index contributed by atoms with van der Waals surface area (Å²) in [5.41, 5.74) is 0.532. The molecule has 7 heteroatoms. The third kappa shape index (κ3) is 4.85. The van der Waals surface area contributed by atoms with Gasteiger partial charge >= 0.3 is 6.18 Å². The minimum Gasteiger partial charge on any atom is -0.323 e. The molecule has 0 radical (unpaired) electrons. The van der Waals surface area contributed by atoms with Crippen LogP contribution in [0.3, 0.4) is 0 Å². The van der Waals surface area contributed by atoms with Crippen molar-refractivity contribution in [3.05, 3.63) is 64.4 Å². The van der Waals surface area contributed by atoms with Crippen molar-refractivity contribution in [3.8, 4) is 0 Å². The first-order valence-corrected chi connectivity index (χ1v) is 9.45. The van der Waals surface area contributed by atoms with Gasteiger partial charge in [0.05, 0.1) is 17.5 Å². The normalized spacial score (nSPS) is 16.5. The molecule has 28 heavy (non-hydrogen) atoms. The molecule has 1 amide bonds. The highest BCUT2D eigenvalue weighted by Gasteiger charge is 2.45. The molecular weight excluding hydrogens is 394 g/mol. The third-order valence-electron chi connectivity index (χ3n) is 5.07.